The first-order chi connectivity index (χ1) is 10.3. The van der Waals surface area contributed by atoms with E-state index in [4.69, 9.17) is 4.42 Å². The number of aromatic amines is 1. The van der Waals surface area contributed by atoms with Crippen LogP contribution in [0.4, 0.5) is 5.88 Å². The van der Waals surface area contributed by atoms with Crippen molar-refractivity contribution in [3.63, 3.8) is 0 Å². The Morgan fingerprint density at radius 3 is 2.77 bits per heavy atom. The van der Waals surface area contributed by atoms with Gasteiger partial charge in [-0.2, -0.15) is 10.2 Å². The second-order valence-electron chi connectivity index (χ2n) is 5.55. The van der Waals surface area contributed by atoms with Crippen LogP contribution in [0.25, 0.3) is 0 Å². The van der Waals surface area contributed by atoms with Gasteiger partial charge in [0.05, 0.1) is 12.3 Å². The molecule has 0 atom stereocenters. The molecule has 2 rings (SSSR count). The van der Waals surface area contributed by atoms with Gasteiger partial charge in [-0.15, -0.1) is 0 Å². The van der Waals surface area contributed by atoms with Crippen LogP contribution in [0.15, 0.2) is 27.7 Å². The molecule has 0 aliphatic heterocycles. The molecule has 1 amide bonds. The number of amides is 1. The zero-order valence-electron chi connectivity index (χ0n) is 12.3. The lowest BCUT2D eigenvalue weighted by Gasteiger charge is -2.14. The number of nitro groups is 1. The van der Waals surface area contributed by atoms with E-state index in [2.05, 4.69) is 20.7 Å². The fraction of sp³-hybridized carbons (Fsp3) is 0.308. The van der Waals surface area contributed by atoms with Crippen LogP contribution in [0.5, 0.6) is 0 Å². The van der Waals surface area contributed by atoms with E-state index in [-0.39, 0.29) is 16.9 Å². The van der Waals surface area contributed by atoms with Gasteiger partial charge >= 0.3 is 5.88 Å². The molecular weight excluding hydrogens is 290 g/mol. The molecule has 0 aromatic carbocycles. The Balaban J connectivity index is 1.98. The third-order valence-corrected chi connectivity index (χ3v) is 2.77. The smallest absolute Gasteiger partial charge is 0.400 e. The number of H-pyrrole nitrogens is 1. The topological polar surface area (TPSA) is 126 Å². The molecule has 0 aliphatic carbocycles. The van der Waals surface area contributed by atoms with Crippen molar-refractivity contribution in [1.82, 2.24) is 15.6 Å². The summed E-state index contributed by atoms with van der Waals surface area (Å²) in [7, 11) is 0. The summed E-state index contributed by atoms with van der Waals surface area (Å²) in [6, 6.07) is 4.22. The van der Waals surface area contributed by atoms with E-state index in [0.29, 0.717) is 0 Å². The number of hydrazone groups is 1. The first-order valence-corrected chi connectivity index (χ1v) is 6.41. The van der Waals surface area contributed by atoms with Gasteiger partial charge in [0.25, 0.3) is 5.91 Å². The monoisotopic (exact) mass is 305 g/mol. The van der Waals surface area contributed by atoms with Gasteiger partial charge in [0.15, 0.2) is 11.5 Å². The predicted octanol–water partition coefficient (Wildman–Crippen LogP) is 1.97. The Hall–Kier alpha value is -2.97. The minimum atomic E-state index is -0.659. The van der Waals surface area contributed by atoms with Gasteiger partial charge in [-0.1, -0.05) is 20.8 Å². The highest BCUT2D eigenvalue weighted by molar-refractivity contribution is 5.93. The summed E-state index contributed by atoms with van der Waals surface area (Å²) in [5, 5.41) is 20.8. The van der Waals surface area contributed by atoms with Crippen molar-refractivity contribution in [3.8, 4) is 0 Å². The molecule has 116 valence electrons. The average molecular weight is 305 g/mol. The van der Waals surface area contributed by atoms with Crippen molar-refractivity contribution in [2.75, 3.05) is 0 Å². The van der Waals surface area contributed by atoms with E-state index in [1.54, 1.807) is 6.07 Å². The van der Waals surface area contributed by atoms with Crippen LogP contribution in [0.3, 0.4) is 0 Å². The quantitative estimate of drug-likeness (QED) is 0.507. The van der Waals surface area contributed by atoms with Gasteiger partial charge in [-0.05, 0) is 12.1 Å². The Kier molecular flexibility index (Phi) is 4.06. The van der Waals surface area contributed by atoms with Gasteiger partial charge in [-0.25, -0.2) is 5.43 Å². The largest absolute Gasteiger partial charge is 0.433 e. The number of carbonyl (C=O) groups excluding carboxylic acids is 1. The molecule has 22 heavy (non-hydrogen) atoms. The first kappa shape index (κ1) is 15.4. The van der Waals surface area contributed by atoms with Crippen molar-refractivity contribution in [2.24, 2.45) is 5.10 Å². The fourth-order valence-electron chi connectivity index (χ4n) is 1.54. The van der Waals surface area contributed by atoms with Crippen LogP contribution < -0.4 is 5.43 Å². The Labute approximate surface area is 125 Å². The number of rotatable bonds is 4. The zero-order valence-corrected chi connectivity index (χ0v) is 12.3. The molecule has 0 fully saturated rings. The number of aromatic nitrogens is 2. The van der Waals surface area contributed by atoms with Crippen molar-refractivity contribution in [1.29, 1.82) is 0 Å². The molecular formula is C13H15N5O4. The van der Waals surface area contributed by atoms with Gasteiger partial charge < -0.3 is 4.42 Å². The fourth-order valence-corrected chi connectivity index (χ4v) is 1.54. The van der Waals surface area contributed by atoms with Crippen molar-refractivity contribution in [2.45, 2.75) is 26.2 Å². The SMILES string of the molecule is CC(C)(C)c1cc(C(=O)NN=Cc2ccc([N+](=O)[O-])o2)n[nH]1. The third kappa shape index (κ3) is 3.57. The molecule has 2 aromatic heterocycles. The summed E-state index contributed by atoms with van der Waals surface area (Å²) in [4.78, 5) is 21.6. The molecule has 9 nitrogen and oxygen atoms in total. The number of nitrogens with zero attached hydrogens (tertiary/aromatic N) is 3. The van der Waals surface area contributed by atoms with Crippen LogP contribution in [-0.2, 0) is 5.41 Å². The van der Waals surface area contributed by atoms with Crippen LogP contribution in [0.1, 0.15) is 42.7 Å². The molecule has 9 heteroatoms. The van der Waals surface area contributed by atoms with Gasteiger partial charge in [0.1, 0.15) is 4.92 Å². The molecule has 2 N–H and O–H groups in total. The summed E-state index contributed by atoms with van der Waals surface area (Å²) in [5.74, 6) is -0.733. The summed E-state index contributed by atoms with van der Waals surface area (Å²) in [6.45, 7) is 5.97. The minimum Gasteiger partial charge on any atom is -0.400 e. The molecule has 2 heterocycles. The lowest BCUT2D eigenvalue weighted by Crippen LogP contribution is -2.18. The number of furan rings is 1. The Bertz CT molecular complexity index is 723. The Morgan fingerprint density at radius 2 is 2.23 bits per heavy atom. The van der Waals surface area contributed by atoms with E-state index in [9.17, 15) is 14.9 Å². The second-order valence-corrected chi connectivity index (χ2v) is 5.55. The molecule has 0 aliphatic rings. The van der Waals surface area contributed by atoms with Crippen LogP contribution >= 0.6 is 0 Å². The summed E-state index contributed by atoms with van der Waals surface area (Å²) >= 11 is 0. The van der Waals surface area contributed by atoms with E-state index in [0.717, 1.165) is 5.69 Å². The van der Waals surface area contributed by atoms with Gasteiger partial charge in [0, 0.05) is 11.1 Å². The maximum absolute atomic E-state index is 11.8. The normalized spacial score (nSPS) is 11.8. The number of hydrogen-bond donors (Lipinski definition) is 2. The summed E-state index contributed by atoms with van der Waals surface area (Å²) < 4.78 is 4.86. The predicted molar refractivity (Wildman–Crippen MR) is 77.7 cm³/mol. The maximum atomic E-state index is 11.8. The summed E-state index contributed by atoms with van der Waals surface area (Å²) in [6.07, 6.45) is 1.17. The number of hydrogen-bond acceptors (Lipinski definition) is 6. The van der Waals surface area contributed by atoms with E-state index in [1.807, 2.05) is 20.8 Å². The second kappa shape index (κ2) is 5.80. The lowest BCUT2D eigenvalue weighted by molar-refractivity contribution is -0.402. The van der Waals surface area contributed by atoms with E-state index >= 15 is 0 Å². The average Bonchev–Trinajstić information content (AvgIpc) is 3.07. The van der Waals surface area contributed by atoms with Gasteiger partial charge in [0.2, 0.25) is 0 Å². The van der Waals surface area contributed by atoms with E-state index in [1.165, 1.54) is 18.3 Å². The molecule has 0 saturated carbocycles. The van der Waals surface area contributed by atoms with Crippen LogP contribution in [0, 0.1) is 10.1 Å². The van der Waals surface area contributed by atoms with E-state index < -0.39 is 16.7 Å². The number of nitrogens with one attached hydrogen (secondary N) is 2. The van der Waals surface area contributed by atoms with Crippen molar-refractivity contribution < 1.29 is 14.1 Å². The molecule has 0 bridgehead atoms. The Morgan fingerprint density at radius 1 is 1.50 bits per heavy atom. The molecule has 0 unspecified atom stereocenters. The molecule has 0 saturated heterocycles. The van der Waals surface area contributed by atoms with Crippen LogP contribution in [0.2, 0.25) is 0 Å². The third-order valence-electron chi connectivity index (χ3n) is 2.77. The highest BCUT2D eigenvalue weighted by Crippen LogP contribution is 2.20. The summed E-state index contributed by atoms with van der Waals surface area (Å²) in [5.41, 5.74) is 3.14. The lowest BCUT2D eigenvalue weighted by atomic mass is 9.92. The van der Waals surface area contributed by atoms with Crippen LogP contribution in [-0.4, -0.2) is 27.2 Å². The first-order valence-electron chi connectivity index (χ1n) is 6.41. The molecule has 2 aromatic rings. The maximum Gasteiger partial charge on any atom is 0.433 e. The highest BCUT2D eigenvalue weighted by Gasteiger charge is 2.19. The standard InChI is InChI=1S/C13H15N5O4/c1-13(2,3)10-6-9(15-16-10)12(19)17-14-7-8-4-5-11(22-8)18(20)21/h4-7H,1-3H3,(H,15,16)(H,17,19). The van der Waals surface area contributed by atoms with Gasteiger partial charge in [-0.3, -0.25) is 20.0 Å². The minimum absolute atomic E-state index is 0.151. The molecule has 0 spiro atoms. The van der Waals surface area contributed by atoms with Crippen molar-refractivity contribution in [3.05, 3.63) is 45.5 Å². The van der Waals surface area contributed by atoms with Crippen molar-refractivity contribution >= 4 is 18.0 Å². The number of carbonyl (C=O) groups is 1. The zero-order chi connectivity index (χ0) is 16.3. The molecule has 0 radical (unpaired) electrons. The highest BCUT2D eigenvalue weighted by atomic mass is 16.6.